The highest BCUT2D eigenvalue weighted by atomic mass is 79.9. The number of halogens is 1. The minimum atomic E-state index is -3.81. The summed E-state index contributed by atoms with van der Waals surface area (Å²) in [5, 5.41) is 5.21. The van der Waals surface area contributed by atoms with Crippen LogP contribution in [0.1, 0.15) is 11.1 Å². The van der Waals surface area contributed by atoms with Crippen molar-refractivity contribution in [1.82, 2.24) is 18.7 Å². The third kappa shape index (κ3) is 3.76. The maximum Gasteiger partial charge on any atom is 0.269 e. The van der Waals surface area contributed by atoms with Crippen LogP contribution in [-0.4, -0.2) is 27.2 Å². The zero-order valence-electron chi connectivity index (χ0n) is 17.2. The van der Waals surface area contributed by atoms with Crippen molar-refractivity contribution in [1.29, 1.82) is 0 Å². The normalized spacial score (nSPS) is 11.8. The van der Waals surface area contributed by atoms with Gasteiger partial charge in [-0.25, -0.2) is 17.4 Å². The van der Waals surface area contributed by atoms with Gasteiger partial charge in [-0.15, -0.1) is 0 Å². The molecule has 0 N–H and O–H groups in total. The molecule has 3 aromatic heterocycles. The molecule has 0 aliphatic rings. The number of hydrogen-bond acceptors (Lipinski definition) is 4. The third-order valence-electron chi connectivity index (χ3n) is 5.29. The van der Waals surface area contributed by atoms with Crippen LogP contribution in [0.4, 0.5) is 0 Å². The molecule has 32 heavy (non-hydrogen) atoms. The molecule has 0 amide bonds. The number of benzene rings is 2. The summed E-state index contributed by atoms with van der Waals surface area (Å²) in [5.74, 6) is 0. The van der Waals surface area contributed by atoms with E-state index in [4.69, 9.17) is 0 Å². The minimum absolute atomic E-state index is 0.219. The van der Waals surface area contributed by atoms with Crippen LogP contribution in [0.25, 0.3) is 22.2 Å². The molecule has 5 aromatic rings. The zero-order chi connectivity index (χ0) is 22.3. The number of hydrogen-bond donors (Lipinski definition) is 0. The summed E-state index contributed by atoms with van der Waals surface area (Å²) in [6.07, 6.45) is 6.90. The molecular weight excluding hydrogens is 488 g/mol. The highest BCUT2D eigenvalue weighted by molar-refractivity contribution is 9.10. The first-order chi connectivity index (χ1) is 15.4. The van der Waals surface area contributed by atoms with E-state index in [-0.39, 0.29) is 4.90 Å². The van der Waals surface area contributed by atoms with Crippen molar-refractivity contribution in [3.63, 3.8) is 0 Å². The van der Waals surface area contributed by atoms with E-state index in [1.165, 1.54) is 3.97 Å². The molecular formula is C24H19BrN4O2S. The number of aromatic nitrogens is 4. The molecule has 0 spiro atoms. The van der Waals surface area contributed by atoms with Gasteiger partial charge < -0.3 is 0 Å². The van der Waals surface area contributed by atoms with E-state index in [1.54, 1.807) is 42.9 Å². The maximum absolute atomic E-state index is 13.4. The quantitative estimate of drug-likeness (QED) is 0.326. The Morgan fingerprint density at radius 1 is 0.969 bits per heavy atom. The van der Waals surface area contributed by atoms with Gasteiger partial charge in [0.05, 0.1) is 17.6 Å². The second-order valence-corrected chi connectivity index (χ2v) is 10.3. The Hall–Kier alpha value is -3.23. The average molecular weight is 507 g/mol. The van der Waals surface area contributed by atoms with Gasteiger partial charge in [0.15, 0.2) is 5.65 Å². The smallest absolute Gasteiger partial charge is 0.268 e. The van der Waals surface area contributed by atoms with Crippen molar-refractivity contribution >= 4 is 37.0 Å². The van der Waals surface area contributed by atoms with Crippen LogP contribution in [0, 0.1) is 6.92 Å². The number of fused-ring (bicyclic) bond motifs is 1. The summed E-state index contributed by atoms with van der Waals surface area (Å²) in [6, 6.07) is 18.7. The molecule has 0 saturated carbocycles. The first kappa shape index (κ1) is 20.7. The summed E-state index contributed by atoms with van der Waals surface area (Å²) < 4.78 is 30.7. The molecule has 8 heteroatoms. The van der Waals surface area contributed by atoms with E-state index in [1.807, 2.05) is 54.2 Å². The summed E-state index contributed by atoms with van der Waals surface area (Å²) >= 11 is 3.46. The fraction of sp³-hybridized carbons (Fsp3) is 0.0833. The molecule has 0 radical (unpaired) electrons. The molecule has 3 heterocycles. The van der Waals surface area contributed by atoms with E-state index in [9.17, 15) is 8.42 Å². The highest BCUT2D eigenvalue weighted by Crippen LogP contribution is 2.33. The van der Waals surface area contributed by atoms with Crippen LogP contribution < -0.4 is 0 Å². The molecule has 0 fully saturated rings. The fourth-order valence-electron chi connectivity index (χ4n) is 3.65. The van der Waals surface area contributed by atoms with Crippen molar-refractivity contribution in [2.75, 3.05) is 0 Å². The fourth-order valence-corrected chi connectivity index (χ4v) is 5.31. The van der Waals surface area contributed by atoms with Gasteiger partial charge in [0.25, 0.3) is 10.0 Å². The van der Waals surface area contributed by atoms with Crippen molar-refractivity contribution < 1.29 is 8.42 Å². The third-order valence-corrected chi connectivity index (χ3v) is 7.39. The van der Waals surface area contributed by atoms with Gasteiger partial charge in [-0.1, -0.05) is 48.0 Å². The molecule has 0 aliphatic heterocycles. The maximum atomic E-state index is 13.4. The van der Waals surface area contributed by atoms with Gasteiger partial charge in [0, 0.05) is 39.6 Å². The number of rotatable bonds is 5. The SMILES string of the molecule is Cc1ccc(S(=O)(=O)n2cc(-c3cnn(Cc4ccccc4)c3)c3cc(Br)cnc32)cc1. The predicted octanol–water partition coefficient (Wildman–Crippen LogP) is 5.26. The highest BCUT2D eigenvalue weighted by Gasteiger charge is 2.23. The molecule has 0 saturated heterocycles. The Morgan fingerprint density at radius 2 is 1.72 bits per heavy atom. The van der Waals surface area contributed by atoms with Crippen LogP contribution in [0.15, 0.2) is 94.8 Å². The van der Waals surface area contributed by atoms with Crippen LogP contribution in [0.2, 0.25) is 0 Å². The average Bonchev–Trinajstić information content (AvgIpc) is 3.39. The summed E-state index contributed by atoms with van der Waals surface area (Å²) in [5.41, 5.74) is 4.08. The topological polar surface area (TPSA) is 69.8 Å². The lowest BCUT2D eigenvalue weighted by Crippen LogP contribution is -2.12. The minimum Gasteiger partial charge on any atom is -0.268 e. The van der Waals surface area contributed by atoms with E-state index >= 15 is 0 Å². The van der Waals surface area contributed by atoms with Gasteiger partial charge in [-0.05, 0) is 46.6 Å². The number of aryl methyl sites for hydroxylation is 1. The van der Waals surface area contributed by atoms with Crippen molar-refractivity contribution in [2.45, 2.75) is 18.4 Å². The van der Waals surface area contributed by atoms with E-state index < -0.39 is 10.0 Å². The van der Waals surface area contributed by atoms with Crippen LogP contribution in [0.3, 0.4) is 0 Å². The molecule has 0 unspecified atom stereocenters. The standard InChI is InChI=1S/C24H19BrN4O2S/c1-17-7-9-21(10-8-17)32(30,31)29-16-23(22-11-20(25)13-26-24(22)29)19-12-27-28(15-19)14-18-5-3-2-4-6-18/h2-13,15-16H,14H2,1H3. The van der Waals surface area contributed by atoms with Crippen LogP contribution in [-0.2, 0) is 16.6 Å². The number of pyridine rings is 1. The van der Waals surface area contributed by atoms with E-state index in [2.05, 4.69) is 26.0 Å². The lowest BCUT2D eigenvalue weighted by atomic mass is 10.1. The summed E-state index contributed by atoms with van der Waals surface area (Å²) in [6.45, 7) is 2.55. The summed E-state index contributed by atoms with van der Waals surface area (Å²) in [4.78, 5) is 4.64. The van der Waals surface area contributed by atoms with Crippen LogP contribution >= 0.6 is 15.9 Å². The zero-order valence-corrected chi connectivity index (χ0v) is 19.6. The van der Waals surface area contributed by atoms with E-state index in [0.29, 0.717) is 12.2 Å². The van der Waals surface area contributed by atoms with Crippen molar-refractivity contribution in [3.8, 4) is 11.1 Å². The molecule has 0 aliphatic carbocycles. The largest absolute Gasteiger partial charge is 0.269 e. The molecule has 5 rings (SSSR count). The van der Waals surface area contributed by atoms with Gasteiger partial charge in [-0.2, -0.15) is 5.10 Å². The van der Waals surface area contributed by atoms with E-state index in [0.717, 1.165) is 32.1 Å². The first-order valence-corrected chi connectivity index (χ1v) is 12.2. The second-order valence-electron chi connectivity index (χ2n) is 7.59. The Labute approximate surface area is 194 Å². The summed E-state index contributed by atoms with van der Waals surface area (Å²) in [7, 11) is -3.81. The molecule has 6 nitrogen and oxygen atoms in total. The Kier molecular flexibility index (Phi) is 5.19. The molecule has 160 valence electrons. The predicted molar refractivity (Wildman–Crippen MR) is 128 cm³/mol. The van der Waals surface area contributed by atoms with Crippen molar-refractivity contribution in [2.24, 2.45) is 0 Å². The molecule has 0 bridgehead atoms. The lowest BCUT2D eigenvalue weighted by Gasteiger charge is -2.07. The van der Waals surface area contributed by atoms with Gasteiger partial charge in [0.2, 0.25) is 0 Å². The van der Waals surface area contributed by atoms with Crippen LogP contribution in [0.5, 0.6) is 0 Å². The Balaban J connectivity index is 1.62. The molecule has 2 aromatic carbocycles. The lowest BCUT2D eigenvalue weighted by molar-refractivity contribution is 0.589. The Morgan fingerprint density at radius 3 is 2.47 bits per heavy atom. The van der Waals surface area contributed by atoms with Gasteiger partial charge >= 0.3 is 0 Å². The van der Waals surface area contributed by atoms with Gasteiger partial charge in [-0.3, -0.25) is 4.68 Å². The van der Waals surface area contributed by atoms with Crippen molar-refractivity contribution in [3.05, 3.63) is 101 Å². The molecule has 0 atom stereocenters. The number of nitrogens with zero attached hydrogens (tertiary/aromatic N) is 4. The first-order valence-electron chi connectivity index (χ1n) is 9.97. The Bertz CT molecular complexity index is 1520. The van der Waals surface area contributed by atoms with Gasteiger partial charge in [0.1, 0.15) is 0 Å². The monoisotopic (exact) mass is 506 g/mol. The second kappa shape index (κ2) is 8.03.